The van der Waals surface area contributed by atoms with Gasteiger partial charge in [-0.25, -0.2) is 4.79 Å². The highest BCUT2D eigenvalue weighted by atomic mass is 16.5. The smallest absolute Gasteiger partial charge is 0.340 e. The summed E-state index contributed by atoms with van der Waals surface area (Å²) in [7, 11) is 5.75. The molecule has 2 aliphatic rings. The van der Waals surface area contributed by atoms with Gasteiger partial charge < -0.3 is 29.4 Å². The number of hydrogen-bond acceptors (Lipinski definition) is 8. The Balaban J connectivity index is 2.30. The topological polar surface area (TPSA) is 106 Å². The molecule has 1 aliphatic heterocycles. The molecule has 0 spiro atoms. The second-order valence-electron chi connectivity index (χ2n) is 6.37. The van der Waals surface area contributed by atoms with Gasteiger partial charge in [0.15, 0.2) is 17.3 Å². The predicted molar refractivity (Wildman–Crippen MR) is 99.0 cm³/mol. The standard InChI is InChI=1S/C20H23NO7/c1-24-13-9-15(26-3)14(25-2)8-10(13)16-17-11(22)6-5-7-12(17)28-19(21)18(16)20(23)27-4/h8-9,16H,5-7,21H2,1-4H3/t16-/m0/s1. The largest absolute Gasteiger partial charge is 0.496 e. The van der Waals surface area contributed by atoms with E-state index in [9.17, 15) is 9.59 Å². The van der Waals surface area contributed by atoms with E-state index in [4.69, 9.17) is 29.4 Å². The maximum atomic E-state index is 12.8. The minimum Gasteiger partial charge on any atom is -0.496 e. The first-order valence-corrected chi connectivity index (χ1v) is 8.78. The van der Waals surface area contributed by atoms with Crippen LogP contribution in [0.1, 0.15) is 30.7 Å². The van der Waals surface area contributed by atoms with E-state index in [0.717, 1.165) is 0 Å². The first kappa shape index (κ1) is 19.6. The molecule has 0 aromatic heterocycles. The Bertz CT molecular complexity index is 885. The first-order valence-electron chi connectivity index (χ1n) is 8.78. The molecular formula is C20H23NO7. The maximum absolute atomic E-state index is 12.8. The summed E-state index contributed by atoms with van der Waals surface area (Å²) >= 11 is 0. The molecule has 1 heterocycles. The maximum Gasteiger partial charge on any atom is 0.340 e. The number of ketones is 1. The van der Waals surface area contributed by atoms with Gasteiger partial charge in [-0.3, -0.25) is 4.79 Å². The van der Waals surface area contributed by atoms with Gasteiger partial charge in [0.2, 0.25) is 5.88 Å². The minimum atomic E-state index is -0.793. The molecular weight excluding hydrogens is 366 g/mol. The average Bonchev–Trinajstić information content (AvgIpc) is 2.71. The summed E-state index contributed by atoms with van der Waals surface area (Å²) in [6.07, 6.45) is 1.58. The Hall–Kier alpha value is -3.16. The van der Waals surface area contributed by atoms with Gasteiger partial charge in [-0.15, -0.1) is 0 Å². The molecule has 0 saturated heterocycles. The van der Waals surface area contributed by atoms with Crippen LogP contribution in [0.15, 0.2) is 34.9 Å². The third-order valence-corrected chi connectivity index (χ3v) is 4.94. The van der Waals surface area contributed by atoms with Crippen molar-refractivity contribution in [1.82, 2.24) is 0 Å². The third-order valence-electron chi connectivity index (χ3n) is 4.94. The number of carbonyl (C=O) groups excluding carboxylic acids is 2. The molecule has 0 unspecified atom stereocenters. The highest BCUT2D eigenvalue weighted by Gasteiger charge is 2.42. The number of ether oxygens (including phenoxy) is 5. The number of carbonyl (C=O) groups is 2. The van der Waals surface area contributed by atoms with Crippen LogP contribution in [-0.4, -0.2) is 40.2 Å². The van der Waals surface area contributed by atoms with Gasteiger partial charge in [0.25, 0.3) is 0 Å². The van der Waals surface area contributed by atoms with E-state index in [1.54, 1.807) is 12.1 Å². The Morgan fingerprint density at radius 1 is 1.04 bits per heavy atom. The molecule has 1 aliphatic carbocycles. The van der Waals surface area contributed by atoms with Gasteiger partial charge in [0.1, 0.15) is 17.1 Å². The van der Waals surface area contributed by atoms with E-state index < -0.39 is 11.9 Å². The molecule has 2 N–H and O–H groups in total. The van der Waals surface area contributed by atoms with E-state index in [1.165, 1.54) is 28.4 Å². The van der Waals surface area contributed by atoms with Crippen molar-refractivity contribution in [3.05, 3.63) is 40.5 Å². The van der Waals surface area contributed by atoms with E-state index in [1.807, 2.05) is 0 Å². The lowest BCUT2D eigenvalue weighted by Crippen LogP contribution is -2.31. The summed E-state index contributed by atoms with van der Waals surface area (Å²) < 4.78 is 26.8. The molecule has 8 nitrogen and oxygen atoms in total. The number of methoxy groups -OCH3 is 4. The molecule has 0 fully saturated rings. The summed E-state index contributed by atoms with van der Waals surface area (Å²) in [4.78, 5) is 25.4. The number of nitrogens with two attached hydrogens (primary N) is 1. The molecule has 1 aromatic rings. The van der Waals surface area contributed by atoms with Crippen LogP contribution in [0.4, 0.5) is 0 Å². The van der Waals surface area contributed by atoms with Crippen LogP contribution in [0.2, 0.25) is 0 Å². The molecule has 1 aromatic carbocycles. The Morgan fingerprint density at radius 2 is 1.68 bits per heavy atom. The molecule has 0 radical (unpaired) electrons. The molecule has 28 heavy (non-hydrogen) atoms. The zero-order chi connectivity index (χ0) is 20.4. The quantitative estimate of drug-likeness (QED) is 0.764. The molecule has 0 bridgehead atoms. The molecule has 0 saturated carbocycles. The van der Waals surface area contributed by atoms with Crippen molar-refractivity contribution in [2.45, 2.75) is 25.2 Å². The Kier molecular flexibility index (Phi) is 5.48. The zero-order valence-electron chi connectivity index (χ0n) is 16.3. The van der Waals surface area contributed by atoms with Crippen LogP contribution in [0, 0.1) is 0 Å². The van der Waals surface area contributed by atoms with Crippen molar-refractivity contribution in [3.63, 3.8) is 0 Å². The minimum absolute atomic E-state index is 0.0574. The van der Waals surface area contributed by atoms with Crippen molar-refractivity contribution in [3.8, 4) is 17.2 Å². The number of allylic oxidation sites excluding steroid dienone is 2. The van der Waals surface area contributed by atoms with Crippen molar-refractivity contribution in [1.29, 1.82) is 0 Å². The number of esters is 1. The third kappa shape index (κ3) is 3.15. The van der Waals surface area contributed by atoms with E-state index >= 15 is 0 Å². The second-order valence-corrected chi connectivity index (χ2v) is 6.37. The summed E-state index contributed by atoms with van der Waals surface area (Å²) in [5, 5.41) is 0. The summed E-state index contributed by atoms with van der Waals surface area (Å²) in [5.74, 6) is 0.128. The lowest BCUT2D eigenvalue weighted by Gasteiger charge is -2.33. The second kappa shape index (κ2) is 7.84. The Morgan fingerprint density at radius 3 is 2.29 bits per heavy atom. The van der Waals surface area contributed by atoms with Crippen LogP contribution in [0.5, 0.6) is 17.2 Å². The van der Waals surface area contributed by atoms with Crippen molar-refractivity contribution >= 4 is 11.8 Å². The van der Waals surface area contributed by atoms with Gasteiger partial charge in [-0.2, -0.15) is 0 Å². The summed E-state index contributed by atoms with van der Waals surface area (Å²) in [6.45, 7) is 0. The van der Waals surface area contributed by atoms with Gasteiger partial charge in [-0.1, -0.05) is 0 Å². The van der Waals surface area contributed by atoms with Gasteiger partial charge in [-0.05, 0) is 12.5 Å². The van der Waals surface area contributed by atoms with E-state index in [0.29, 0.717) is 53.4 Å². The van der Waals surface area contributed by atoms with Crippen LogP contribution < -0.4 is 19.9 Å². The fourth-order valence-corrected chi connectivity index (χ4v) is 3.65. The van der Waals surface area contributed by atoms with Crippen LogP contribution in [0.25, 0.3) is 0 Å². The highest BCUT2D eigenvalue weighted by molar-refractivity contribution is 6.03. The summed E-state index contributed by atoms with van der Waals surface area (Å²) in [5.41, 5.74) is 7.06. The Labute approximate surface area is 162 Å². The number of benzene rings is 1. The molecule has 1 atom stereocenters. The number of rotatable bonds is 5. The van der Waals surface area contributed by atoms with Gasteiger partial charge >= 0.3 is 5.97 Å². The molecule has 3 rings (SSSR count). The first-order chi connectivity index (χ1) is 13.5. The van der Waals surface area contributed by atoms with E-state index in [-0.39, 0.29) is 17.2 Å². The van der Waals surface area contributed by atoms with Crippen LogP contribution in [0.3, 0.4) is 0 Å². The van der Waals surface area contributed by atoms with Gasteiger partial charge in [0, 0.05) is 30.0 Å². The average molecular weight is 389 g/mol. The van der Waals surface area contributed by atoms with Crippen molar-refractivity contribution < 1.29 is 33.3 Å². The number of Topliss-reactive ketones (excluding diaryl/α,β-unsaturated/α-hetero) is 1. The monoisotopic (exact) mass is 389 g/mol. The van der Waals surface area contributed by atoms with Crippen LogP contribution >= 0.6 is 0 Å². The van der Waals surface area contributed by atoms with Crippen LogP contribution in [-0.2, 0) is 19.1 Å². The zero-order valence-corrected chi connectivity index (χ0v) is 16.3. The predicted octanol–water partition coefficient (Wildman–Crippen LogP) is 2.18. The number of hydrogen-bond donors (Lipinski definition) is 1. The van der Waals surface area contributed by atoms with E-state index in [2.05, 4.69) is 0 Å². The van der Waals surface area contributed by atoms with Crippen molar-refractivity contribution in [2.75, 3.05) is 28.4 Å². The SMILES string of the molecule is COC(=O)C1=C(N)OC2=C(C(=O)CCC2)[C@@H]1c1cc(OC)c(OC)cc1OC. The molecule has 150 valence electrons. The lowest BCUT2D eigenvalue weighted by atomic mass is 9.77. The van der Waals surface area contributed by atoms with Gasteiger partial charge in [0.05, 0.1) is 34.4 Å². The molecule has 0 amide bonds. The lowest BCUT2D eigenvalue weighted by molar-refractivity contribution is -0.136. The normalized spacial score (nSPS) is 19.0. The van der Waals surface area contributed by atoms with Crippen molar-refractivity contribution in [2.24, 2.45) is 5.73 Å². The highest BCUT2D eigenvalue weighted by Crippen LogP contribution is 2.48. The molecule has 8 heteroatoms. The fourth-order valence-electron chi connectivity index (χ4n) is 3.65. The fraction of sp³-hybridized carbons (Fsp3) is 0.400. The summed E-state index contributed by atoms with van der Waals surface area (Å²) in [6, 6.07) is 3.32.